The lowest BCUT2D eigenvalue weighted by molar-refractivity contribution is -0.110. The Morgan fingerprint density at radius 1 is 1.15 bits per heavy atom. The number of benzene rings is 2. The summed E-state index contributed by atoms with van der Waals surface area (Å²) in [6, 6.07) is 14.0. The molecule has 0 bridgehead atoms. The quantitative estimate of drug-likeness (QED) is 0.548. The van der Waals surface area contributed by atoms with Crippen LogP contribution in [-0.4, -0.2) is 22.4 Å². The van der Waals surface area contributed by atoms with E-state index in [-0.39, 0.29) is 17.9 Å². The largest absolute Gasteiger partial charge is 0.341 e. The number of nitrogens with zero attached hydrogens (tertiary/aromatic N) is 1. The predicted octanol–water partition coefficient (Wildman–Crippen LogP) is 4.22. The first-order valence-corrected chi connectivity index (χ1v) is 8.28. The van der Waals surface area contributed by atoms with E-state index in [0.29, 0.717) is 18.7 Å². The number of nitrogens with one attached hydrogen (secondary N) is 3. The van der Waals surface area contributed by atoms with Gasteiger partial charge in [-0.3, -0.25) is 10.2 Å². The van der Waals surface area contributed by atoms with E-state index in [1.165, 1.54) is 18.3 Å². The van der Waals surface area contributed by atoms with Crippen LogP contribution >= 0.6 is 0 Å². The van der Waals surface area contributed by atoms with Crippen molar-refractivity contribution in [3.05, 3.63) is 66.1 Å². The van der Waals surface area contributed by atoms with Crippen molar-refractivity contribution < 1.29 is 9.18 Å². The number of hydrogen-bond donors (Lipinski definition) is 3. The number of carbonyl (C=O) groups is 1. The van der Waals surface area contributed by atoms with Gasteiger partial charge in [-0.25, -0.2) is 4.39 Å². The third-order valence-electron chi connectivity index (χ3n) is 4.12. The number of para-hydroxylation sites is 1. The van der Waals surface area contributed by atoms with Gasteiger partial charge in [0.25, 0.3) is 5.91 Å². The number of carbonyl (C=O) groups excluding carboxylic acids is 1. The second-order valence-corrected chi connectivity index (χ2v) is 5.99. The maximum Gasteiger partial charge on any atom is 0.269 e. The van der Waals surface area contributed by atoms with Crippen molar-refractivity contribution in [1.82, 2.24) is 4.57 Å². The normalized spacial score (nSPS) is 10.7. The lowest BCUT2D eigenvalue weighted by Gasteiger charge is -2.05. The number of aromatic nitrogens is 1. The smallest absolute Gasteiger partial charge is 0.269 e. The summed E-state index contributed by atoms with van der Waals surface area (Å²) in [5.41, 5.74) is 2.47. The van der Waals surface area contributed by atoms with E-state index in [9.17, 15) is 9.18 Å². The first kappa shape index (κ1) is 17.5. The van der Waals surface area contributed by atoms with E-state index in [1.807, 2.05) is 35.0 Å². The van der Waals surface area contributed by atoms with E-state index >= 15 is 0 Å². The van der Waals surface area contributed by atoms with E-state index in [0.717, 1.165) is 16.5 Å². The molecule has 1 amide bonds. The van der Waals surface area contributed by atoms with Gasteiger partial charge in [0, 0.05) is 18.1 Å². The van der Waals surface area contributed by atoms with Gasteiger partial charge in [-0.15, -0.1) is 0 Å². The molecule has 0 aliphatic heterocycles. The average Bonchev–Trinajstić information content (AvgIpc) is 2.99. The first-order valence-electron chi connectivity index (χ1n) is 8.28. The van der Waals surface area contributed by atoms with Gasteiger partial charge < -0.3 is 15.3 Å². The molecule has 1 heterocycles. The van der Waals surface area contributed by atoms with Gasteiger partial charge in [0.2, 0.25) is 0 Å². The summed E-state index contributed by atoms with van der Waals surface area (Å²) in [5.74, 6) is -0.737. The summed E-state index contributed by atoms with van der Waals surface area (Å²) in [5, 5.41) is 18.5. The van der Waals surface area contributed by atoms with E-state index in [2.05, 4.69) is 5.32 Å². The topological polar surface area (TPSA) is 81.7 Å². The first-order chi connectivity index (χ1) is 12.6. The highest BCUT2D eigenvalue weighted by Crippen LogP contribution is 2.26. The van der Waals surface area contributed by atoms with E-state index < -0.39 is 5.91 Å². The number of rotatable bonds is 7. The molecule has 0 aliphatic rings. The van der Waals surface area contributed by atoms with Crippen LogP contribution in [0.3, 0.4) is 0 Å². The molecule has 0 fully saturated rings. The average molecular weight is 350 g/mol. The van der Waals surface area contributed by atoms with Crippen molar-refractivity contribution in [3.8, 4) is 0 Å². The van der Waals surface area contributed by atoms with E-state index in [1.54, 1.807) is 12.1 Å². The molecule has 0 unspecified atom stereocenters. The van der Waals surface area contributed by atoms with Crippen molar-refractivity contribution >= 4 is 34.4 Å². The maximum absolute atomic E-state index is 13.1. The number of fused-ring (bicyclic) bond motifs is 1. The molecule has 0 aliphatic carbocycles. The Labute approximate surface area is 150 Å². The highest BCUT2D eigenvalue weighted by atomic mass is 19.1. The molecule has 3 rings (SSSR count). The minimum atomic E-state index is -0.462. The molecule has 0 atom stereocenters. The van der Waals surface area contributed by atoms with Gasteiger partial charge in [-0.2, -0.15) is 0 Å². The number of hydrogen-bond acceptors (Lipinski definition) is 3. The minimum Gasteiger partial charge on any atom is -0.341 e. The third kappa shape index (κ3) is 3.85. The fraction of sp³-hybridized carbons (Fsp3) is 0.150. The highest BCUT2D eigenvalue weighted by Gasteiger charge is 2.14. The van der Waals surface area contributed by atoms with Crippen LogP contribution in [0.5, 0.6) is 0 Å². The van der Waals surface area contributed by atoms with Gasteiger partial charge in [-0.05, 0) is 42.8 Å². The van der Waals surface area contributed by atoms with Crippen molar-refractivity contribution in [2.45, 2.75) is 19.4 Å². The Morgan fingerprint density at radius 2 is 1.88 bits per heavy atom. The molecular weight excluding hydrogens is 331 g/mol. The van der Waals surface area contributed by atoms with Crippen LogP contribution in [0.4, 0.5) is 10.1 Å². The van der Waals surface area contributed by atoms with Gasteiger partial charge in [0.1, 0.15) is 5.82 Å². The zero-order valence-electron chi connectivity index (χ0n) is 14.1. The van der Waals surface area contributed by atoms with Crippen LogP contribution < -0.4 is 5.32 Å². The zero-order valence-corrected chi connectivity index (χ0v) is 14.1. The lowest BCUT2D eigenvalue weighted by Crippen LogP contribution is -2.21. The monoisotopic (exact) mass is 350 g/mol. The molecule has 26 heavy (non-hydrogen) atoms. The van der Waals surface area contributed by atoms with Crippen LogP contribution in [0.2, 0.25) is 0 Å². The number of anilines is 1. The Morgan fingerprint density at radius 3 is 2.62 bits per heavy atom. The Bertz CT molecular complexity index is 960. The van der Waals surface area contributed by atoms with Crippen LogP contribution in [0.1, 0.15) is 18.4 Å². The summed E-state index contributed by atoms with van der Waals surface area (Å²) in [6.07, 6.45) is 3.63. The summed E-state index contributed by atoms with van der Waals surface area (Å²) < 4.78 is 15.1. The fourth-order valence-corrected chi connectivity index (χ4v) is 2.79. The van der Waals surface area contributed by atoms with Crippen molar-refractivity contribution in [2.24, 2.45) is 0 Å². The third-order valence-corrected chi connectivity index (χ3v) is 4.12. The van der Waals surface area contributed by atoms with Gasteiger partial charge in [-0.1, -0.05) is 30.3 Å². The Kier molecular flexibility index (Phi) is 5.22. The molecule has 0 saturated heterocycles. The summed E-state index contributed by atoms with van der Waals surface area (Å²) in [4.78, 5) is 12.2. The lowest BCUT2D eigenvalue weighted by atomic mass is 10.2. The Hall–Kier alpha value is -3.28. The standard InChI is InChI=1S/C20H19FN4O/c21-15-9-7-14(8-10-15)12-25-13-18(16-4-1-2-6-19(16)25)24-20(26)17(23)5-3-11-22/h1-2,4,6-11,13,22-23H,3,5,12H2,(H,24,26). The second-order valence-electron chi connectivity index (χ2n) is 5.99. The molecule has 3 N–H and O–H groups in total. The van der Waals surface area contributed by atoms with Crippen LogP contribution in [0, 0.1) is 16.6 Å². The fourth-order valence-electron chi connectivity index (χ4n) is 2.79. The van der Waals surface area contributed by atoms with Gasteiger partial charge in [0.05, 0.1) is 16.9 Å². The molecule has 6 heteroatoms. The second kappa shape index (κ2) is 7.74. The van der Waals surface area contributed by atoms with Gasteiger partial charge in [0.15, 0.2) is 0 Å². The molecule has 0 radical (unpaired) electrons. The summed E-state index contributed by atoms with van der Waals surface area (Å²) in [6.45, 7) is 0.544. The molecule has 3 aromatic rings. The van der Waals surface area contributed by atoms with Crippen LogP contribution in [0.25, 0.3) is 10.9 Å². The summed E-state index contributed by atoms with van der Waals surface area (Å²) in [7, 11) is 0. The predicted molar refractivity (Wildman–Crippen MR) is 102 cm³/mol. The molecule has 132 valence electrons. The highest BCUT2D eigenvalue weighted by molar-refractivity contribution is 6.42. The van der Waals surface area contributed by atoms with Crippen molar-refractivity contribution in [1.29, 1.82) is 10.8 Å². The van der Waals surface area contributed by atoms with Crippen LogP contribution in [0.15, 0.2) is 54.7 Å². The minimum absolute atomic E-state index is 0.0520. The van der Waals surface area contributed by atoms with Crippen molar-refractivity contribution in [3.63, 3.8) is 0 Å². The molecule has 2 aromatic carbocycles. The molecule has 0 saturated carbocycles. The molecule has 0 spiro atoms. The molecule has 5 nitrogen and oxygen atoms in total. The zero-order chi connectivity index (χ0) is 18.5. The van der Waals surface area contributed by atoms with Gasteiger partial charge >= 0.3 is 0 Å². The number of halogens is 1. The maximum atomic E-state index is 13.1. The van der Waals surface area contributed by atoms with Crippen LogP contribution in [-0.2, 0) is 11.3 Å². The number of amides is 1. The molecular formula is C20H19FN4O. The Balaban J connectivity index is 1.87. The van der Waals surface area contributed by atoms with E-state index in [4.69, 9.17) is 10.8 Å². The SMILES string of the molecule is N=CCCC(=N)C(=O)Nc1cn(Cc2ccc(F)cc2)c2ccccc12. The van der Waals surface area contributed by atoms with Crippen molar-refractivity contribution in [2.75, 3.05) is 5.32 Å². The molecule has 1 aromatic heterocycles. The summed E-state index contributed by atoms with van der Waals surface area (Å²) >= 11 is 0.